The number of hydrogen-bond donors (Lipinski definition) is 2. The van der Waals surface area contributed by atoms with E-state index in [1.807, 2.05) is 13.0 Å². The van der Waals surface area contributed by atoms with Crippen molar-refractivity contribution in [2.24, 2.45) is 5.92 Å². The van der Waals surface area contributed by atoms with Crippen molar-refractivity contribution in [3.05, 3.63) is 124 Å². The molecule has 0 aromatic heterocycles. The molecule has 2 unspecified atom stereocenters. The van der Waals surface area contributed by atoms with Crippen LogP contribution in [0.25, 0.3) is 0 Å². The number of urea groups is 1. The molecule has 0 bridgehead atoms. The molecule has 6 rings (SSSR count). The number of unbranched alkanes of at least 4 members (excludes halogenated alkanes) is 1. The number of nitrogens with one attached hydrogen (secondary N) is 1. The number of rotatable bonds is 15. The molecule has 0 radical (unpaired) electrons. The molecule has 1 saturated heterocycles. The number of allylic oxidation sites excluding steroid dienone is 2. The summed E-state index contributed by atoms with van der Waals surface area (Å²) >= 11 is 0. The van der Waals surface area contributed by atoms with Crippen LogP contribution in [-0.4, -0.2) is 66.2 Å². The Kier molecular flexibility index (Phi) is 12.1. The lowest BCUT2D eigenvalue weighted by Crippen LogP contribution is -2.54. The number of carbonyl (C=O) groups excluding carboxylic acids is 2. The molecule has 2 aliphatic heterocycles. The van der Waals surface area contributed by atoms with Crippen molar-refractivity contribution in [2.45, 2.75) is 81.8 Å². The fourth-order valence-corrected chi connectivity index (χ4v) is 7.58. The molecule has 3 amide bonds. The van der Waals surface area contributed by atoms with E-state index in [9.17, 15) is 41.0 Å². The quantitative estimate of drug-likeness (QED) is 0.0916. The van der Waals surface area contributed by atoms with Crippen molar-refractivity contribution in [1.29, 1.82) is 0 Å². The van der Waals surface area contributed by atoms with E-state index in [4.69, 9.17) is 14.2 Å². The van der Waals surface area contributed by atoms with Gasteiger partial charge in [-0.25, -0.2) is 4.79 Å². The van der Waals surface area contributed by atoms with Crippen LogP contribution in [-0.2, 0) is 45.6 Å². The number of amides is 3. The van der Waals surface area contributed by atoms with Crippen molar-refractivity contribution < 1.29 is 55.2 Å². The van der Waals surface area contributed by atoms with Gasteiger partial charge in [0.25, 0.3) is 11.5 Å². The SMILES string of the molecule is CCC1(C2C=CC3=C(C2)OCCO3)NC(=O)N(CCCCOc2c(CCc3ccccc3)cc(C(O)(C(F)(F)F)C(F)(F)F)cc2CCc2ccccc2)C1=O. The van der Waals surface area contributed by atoms with E-state index in [0.29, 0.717) is 50.4 Å². The fraction of sp³-hybridized carbons (Fsp3) is 0.429. The molecular formula is C42H44F6N2O6. The zero-order valence-corrected chi connectivity index (χ0v) is 30.8. The molecule has 2 atom stereocenters. The average molecular weight is 787 g/mol. The number of alkyl halides is 6. The topological polar surface area (TPSA) is 97.3 Å². The predicted octanol–water partition coefficient (Wildman–Crippen LogP) is 8.26. The summed E-state index contributed by atoms with van der Waals surface area (Å²) in [6.45, 7) is 2.69. The van der Waals surface area contributed by atoms with E-state index >= 15 is 0 Å². The highest BCUT2D eigenvalue weighted by Gasteiger charge is 2.71. The summed E-state index contributed by atoms with van der Waals surface area (Å²) in [5.41, 5.74) is -5.88. The Morgan fingerprint density at radius 3 is 1.96 bits per heavy atom. The second kappa shape index (κ2) is 16.6. The smallest absolute Gasteiger partial charge is 0.430 e. The van der Waals surface area contributed by atoms with Gasteiger partial charge in [0.15, 0.2) is 5.76 Å². The first kappa shape index (κ1) is 40.7. The Morgan fingerprint density at radius 2 is 1.41 bits per heavy atom. The van der Waals surface area contributed by atoms with Crippen LogP contribution in [0.1, 0.15) is 60.4 Å². The Labute approximate surface area is 321 Å². The third-order valence-electron chi connectivity index (χ3n) is 10.7. The van der Waals surface area contributed by atoms with E-state index in [1.165, 1.54) is 4.90 Å². The number of imide groups is 1. The van der Waals surface area contributed by atoms with Gasteiger partial charge >= 0.3 is 18.4 Å². The minimum Gasteiger partial charge on any atom is -0.493 e. The van der Waals surface area contributed by atoms with Crippen molar-refractivity contribution in [1.82, 2.24) is 10.2 Å². The van der Waals surface area contributed by atoms with E-state index in [2.05, 4.69) is 5.32 Å². The first-order chi connectivity index (χ1) is 26.7. The standard InChI is InChI=1S/C42H44F6N2O6/c1-2-39(32-19-20-34-35(27-32)55-24-23-54-34)37(51)50(38(52)49-39)21-9-10-22-56-36-30(17-15-28-11-5-3-6-12-28)25-33(40(53,41(43,44)45)42(46,47)48)26-31(36)18-16-29-13-7-4-8-14-29/h3-8,11-14,19-20,25-26,32,53H,2,9-10,15-18,21-24,27H2,1H3,(H,49,52). The third-order valence-corrected chi connectivity index (χ3v) is 10.7. The molecule has 1 aliphatic carbocycles. The highest BCUT2D eigenvalue weighted by molar-refractivity contribution is 6.07. The van der Waals surface area contributed by atoms with E-state index in [0.717, 1.165) is 23.3 Å². The lowest BCUT2D eigenvalue weighted by atomic mass is 9.77. The first-order valence-electron chi connectivity index (χ1n) is 18.7. The monoisotopic (exact) mass is 786 g/mol. The molecule has 3 aromatic rings. The summed E-state index contributed by atoms with van der Waals surface area (Å²) in [5, 5.41) is 13.4. The number of aliphatic hydroxyl groups is 1. The lowest BCUT2D eigenvalue weighted by molar-refractivity contribution is -0.376. The molecule has 0 saturated carbocycles. The molecule has 3 aliphatic rings. The molecule has 56 heavy (non-hydrogen) atoms. The summed E-state index contributed by atoms with van der Waals surface area (Å²) in [6, 6.07) is 18.8. The molecule has 300 valence electrons. The van der Waals surface area contributed by atoms with E-state index < -0.39 is 35.1 Å². The van der Waals surface area contributed by atoms with Crippen LogP contribution >= 0.6 is 0 Å². The molecule has 1 fully saturated rings. The number of halogens is 6. The lowest BCUT2D eigenvalue weighted by Gasteiger charge is -2.36. The van der Waals surface area contributed by atoms with Gasteiger partial charge in [-0.2, -0.15) is 26.3 Å². The molecule has 3 aromatic carbocycles. The van der Waals surface area contributed by atoms with Gasteiger partial charge in [0.05, 0.1) is 6.61 Å². The Balaban J connectivity index is 1.22. The number of nitrogens with zero attached hydrogens (tertiary/aromatic N) is 1. The van der Waals surface area contributed by atoms with Gasteiger partial charge in [0, 0.05) is 24.4 Å². The van der Waals surface area contributed by atoms with Gasteiger partial charge in [-0.3, -0.25) is 9.69 Å². The second-order valence-electron chi connectivity index (χ2n) is 14.2. The zero-order valence-electron chi connectivity index (χ0n) is 30.8. The van der Waals surface area contributed by atoms with Gasteiger partial charge in [0.2, 0.25) is 0 Å². The normalized spacial score (nSPS) is 20.1. The van der Waals surface area contributed by atoms with Crippen LogP contribution in [0, 0.1) is 5.92 Å². The van der Waals surface area contributed by atoms with Gasteiger partial charge in [-0.05, 0) is 85.4 Å². The van der Waals surface area contributed by atoms with Crippen LogP contribution in [0.3, 0.4) is 0 Å². The van der Waals surface area contributed by atoms with E-state index in [-0.39, 0.29) is 67.5 Å². The summed E-state index contributed by atoms with van der Waals surface area (Å²) in [7, 11) is 0. The van der Waals surface area contributed by atoms with Crippen molar-refractivity contribution in [2.75, 3.05) is 26.4 Å². The Bertz CT molecular complexity index is 1850. The van der Waals surface area contributed by atoms with Gasteiger partial charge < -0.3 is 24.6 Å². The average Bonchev–Trinajstić information content (AvgIpc) is 3.44. The van der Waals surface area contributed by atoms with Crippen LogP contribution in [0.15, 0.2) is 96.5 Å². The highest BCUT2D eigenvalue weighted by Crippen LogP contribution is 2.51. The van der Waals surface area contributed by atoms with E-state index in [1.54, 1.807) is 66.7 Å². The van der Waals surface area contributed by atoms with Crippen LogP contribution in [0.2, 0.25) is 0 Å². The Hall–Kier alpha value is -4.98. The molecular weight excluding hydrogens is 742 g/mol. The molecule has 8 nitrogen and oxygen atoms in total. The Morgan fingerprint density at radius 1 is 0.839 bits per heavy atom. The maximum atomic E-state index is 14.2. The fourth-order valence-electron chi connectivity index (χ4n) is 7.58. The summed E-state index contributed by atoms with van der Waals surface area (Å²) in [4.78, 5) is 28.2. The minimum absolute atomic E-state index is 0.0129. The zero-order chi connectivity index (χ0) is 40.1. The number of hydrogen-bond acceptors (Lipinski definition) is 6. The number of benzene rings is 3. The van der Waals surface area contributed by atoms with Crippen molar-refractivity contribution in [3.8, 4) is 5.75 Å². The second-order valence-corrected chi connectivity index (χ2v) is 14.2. The maximum Gasteiger partial charge on any atom is 0.430 e. The largest absolute Gasteiger partial charge is 0.493 e. The van der Waals surface area contributed by atoms with Gasteiger partial charge in [-0.1, -0.05) is 73.7 Å². The first-order valence-corrected chi connectivity index (χ1v) is 18.7. The van der Waals surface area contributed by atoms with Crippen LogP contribution in [0.4, 0.5) is 31.1 Å². The molecule has 2 heterocycles. The molecule has 0 spiro atoms. The summed E-state index contributed by atoms with van der Waals surface area (Å²) in [6.07, 6.45) is -6.61. The minimum atomic E-state index is -6.07. The third kappa shape index (κ3) is 8.25. The molecule has 2 N–H and O–H groups in total. The summed E-state index contributed by atoms with van der Waals surface area (Å²) < 4.78 is 103. The molecule has 14 heteroatoms. The van der Waals surface area contributed by atoms with Gasteiger partial charge in [-0.15, -0.1) is 0 Å². The van der Waals surface area contributed by atoms with Crippen molar-refractivity contribution in [3.63, 3.8) is 0 Å². The predicted molar refractivity (Wildman–Crippen MR) is 194 cm³/mol. The van der Waals surface area contributed by atoms with Crippen LogP contribution < -0.4 is 10.1 Å². The van der Waals surface area contributed by atoms with Gasteiger partial charge in [0.1, 0.15) is 30.3 Å². The number of ether oxygens (including phenoxy) is 3. The summed E-state index contributed by atoms with van der Waals surface area (Å²) in [5.74, 6) is 0.653. The number of aryl methyl sites for hydroxylation is 4. The highest BCUT2D eigenvalue weighted by atomic mass is 19.4. The maximum absolute atomic E-state index is 14.2. The number of carbonyl (C=O) groups is 2. The van der Waals surface area contributed by atoms with Crippen LogP contribution in [0.5, 0.6) is 5.75 Å². The van der Waals surface area contributed by atoms with Crippen molar-refractivity contribution >= 4 is 11.9 Å².